The molecule has 1 rings (SSSR count). The van der Waals surface area contributed by atoms with Crippen molar-refractivity contribution in [3.05, 3.63) is 56.8 Å². The first-order valence-electron chi connectivity index (χ1n) is 10.1. The van der Waals surface area contributed by atoms with Crippen LogP contribution < -0.4 is 16.0 Å². The van der Waals surface area contributed by atoms with Crippen LogP contribution in [0.25, 0.3) is 20.9 Å². The number of carbonyl (C=O) groups excluding carboxylic acids is 3. The number of ether oxygens (including phenoxy) is 1. The molecule has 3 amide bonds. The van der Waals surface area contributed by atoms with Gasteiger partial charge in [-0.1, -0.05) is 40.6 Å². The second-order valence-corrected chi connectivity index (χ2v) is 6.55. The van der Waals surface area contributed by atoms with Crippen LogP contribution in [0.5, 0.6) is 0 Å². The van der Waals surface area contributed by atoms with Crippen molar-refractivity contribution in [2.75, 3.05) is 26.2 Å². The lowest BCUT2D eigenvalue weighted by Gasteiger charge is -2.18. The molecule has 0 unspecified atom stereocenters. The summed E-state index contributed by atoms with van der Waals surface area (Å²) in [6.45, 7) is 1.12. The van der Waals surface area contributed by atoms with E-state index in [-0.39, 0.29) is 45.0 Å². The van der Waals surface area contributed by atoms with Crippen LogP contribution in [0.4, 0.5) is 4.79 Å². The Hall–Kier alpha value is -3.95. The number of alkyl carbamates (subject to hydrolysis) is 1. The van der Waals surface area contributed by atoms with E-state index in [9.17, 15) is 14.4 Å². The highest BCUT2D eigenvalue weighted by atomic mass is 16.5. The van der Waals surface area contributed by atoms with Crippen LogP contribution in [0.1, 0.15) is 31.2 Å². The Labute approximate surface area is 185 Å². The molecule has 0 aliphatic heterocycles. The van der Waals surface area contributed by atoms with Crippen molar-refractivity contribution in [2.24, 2.45) is 10.2 Å². The molecule has 13 nitrogen and oxygen atoms in total. The van der Waals surface area contributed by atoms with E-state index < -0.39 is 18.0 Å². The van der Waals surface area contributed by atoms with E-state index in [1.807, 2.05) is 18.2 Å². The highest BCUT2D eigenvalue weighted by Crippen LogP contribution is 2.03. The number of nitrogens with one attached hydrogen (secondary N) is 3. The monoisotopic (exact) mass is 445 g/mol. The molecular weight excluding hydrogens is 418 g/mol. The zero-order chi connectivity index (χ0) is 23.4. The Morgan fingerprint density at radius 2 is 1.59 bits per heavy atom. The fraction of sp³-hybridized carbons (Fsp3) is 0.526. The summed E-state index contributed by atoms with van der Waals surface area (Å²) in [6.07, 6.45) is 0.210. The van der Waals surface area contributed by atoms with Crippen molar-refractivity contribution >= 4 is 17.9 Å². The van der Waals surface area contributed by atoms with E-state index in [1.165, 1.54) is 0 Å². The lowest BCUT2D eigenvalue weighted by atomic mass is 10.1. The fourth-order valence-corrected chi connectivity index (χ4v) is 2.49. The van der Waals surface area contributed by atoms with Gasteiger partial charge >= 0.3 is 6.09 Å². The van der Waals surface area contributed by atoms with Crippen molar-refractivity contribution in [3.63, 3.8) is 0 Å². The molecule has 0 aliphatic rings. The zero-order valence-electron chi connectivity index (χ0n) is 17.6. The summed E-state index contributed by atoms with van der Waals surface area (Å²) in [5.74, 6) is -0.773. The van der Waals surface area contributed by atoms with Crippen molar-refractivity contribution in [1.82, 2.24) is 16.0 Å². The van der Waals surface area contributed by atoms with Gasteiger partial charge in [0.25, 0.3) is 0 Å². The van der Waals surface area contributed by atoms with Gasteiger partial charge in [-0.05, 0) is 35.9 Å². The molecule has 3 N–H and O–H groups in total. The molecule has 0 radical (unpaired) electrons. The molecule has 32 heavy (non-hydrogen) atoms. The number of rotatable bonds is 15. The summed E-state index contributed by atoms with van der Waals surface area (Å²) in [5.41, 5.74) is 17.3. The first-order chi connectivity index (χ1) is 15.6. The van der Waals surface area contributed by atoms with Gasteiger partial charge < -0.3 is 20.7 Å². The molecule has 0 saturated carbocycles. The van der Waals surface area contributed by atoms with Crippen LogP contribution >= 0.6 is 0 Å². The number of amides is 3. The molecular formula is C19H27N9O4. The normalized spacial score (nSPS) is 10.6. The van der Waals surface area contributed by atoms with Gasteiger partial charge in [-0.3, -0.25) is 9.59 Å². The lowest BCUT2D eigenvalue weighted by Crippen LogP contribution is -2.47. The summed E-state index contributed by atoms with van der Waals surface area (Å²) < 4.78 is 5.15. The predicted molar refractivity (Wildman–Crippen MR) is 116 cm³/mol. The van der Waals surface area contributed by atoms with Gasteiger partial charge in [-0.25, -0.2) is 4.79 Å². The summed E-state index contributed by atoms with van der Waals surface area (Å²) in [6, 6.07) is 8.09. The summed E-state index contributed by atoms with van der Waals surface area (Å²) in [4.78, 5) is 41.9. The first-order valence-corrected chi connectivity index (χ1v) is 10.1. The molecule has 172 valence electrons. The molecule has 1 atom stereocenters. The topological polar surface area (TPSA) is 194 Å². The highest BCUT2D eigenvalue weighted by molar-refractivity contribution is 5.86. The van der Waals surface area contributed by atoms with Crippen LogP contribution in [-0.2, 0) is 20.9 Å². The molecule has 13 heteroatoms. The third kappa shape index (κ3) is 12.6. The Morgan fingerprint density at radius 3 is 2.22 bits per heavy atom. The molecule has 0 saturated heterocycles. The second kappa shape index (κ2) is 16.8. The molecule has 0 spiro atoms. The lowest BCUT2D eigenvalue weighted by molar-refractivity contribution is -0.124. The highest BCUT2D eigenvalue weighted by Gasteiger charge is 2.22. The standard InChI is InChI=1S/C19H27N9O4/c20-27-24-12-4-10-22-17(29)9-8-16(18(30)23-11-5-13-25-28-21)26-19(31)32-14-15-6-2-1-3-7-15/h1-3,6-7,16H,4-5,8-14H2,(H,22,29)(H,23,30)(H,26,31)/t16-/m0/s1. The number of hydrogen-bond donors (Lipinski definition) is 3. The minimum absolute atomic E-state index is 0.00268. The van der Waals surface area contributed by atoms with Crippen molar-refractivity contribution in [3.8, 4) is 0 Å². The maximum atomic E-state index is 12.5. The van der Waals surface area contributed by atoms with E-state index in [1.54, 1.807) is 12.1 Å². The van der Waals surface area contributed by atoms with Crippen LogP contribution in [0.2, 0.25) is 0 Å². The molecule has 0 aliphatic carbocycles. The third-order valence-electron chi connectivity index (χ3n) is 4.10. The Balaban J connectivity index is 2.53. The predicted octanol–water partition coefficient (Wildman–Crippen LogP) is 2.69. The van der Waals surface area contributed by atoms with Gasteiger partial charge in [0.05, 0.1) is 0 Å². The van der Waals surface area contributed by atoms with Crippen molar-refractivity contribution in [1.29, 1.82) is 0 Å². The maximum Gasteiger partial charge on any atom is 0.408 e. The summed E-state index contributed by atoms with van der Waals surface area (Å²) >= 11 is 0. The molecule has 1 aromatic carbocycles. The van der Waals surface area contributed by atoms with Gasteiger partial charge in [-0.2, -0.15) is 0 Å². The maximum absolute atomic E-state index is 12.5. The van der Waals surface area contributed by atoms with Crippen molar-refractivity contribution in [2.45, 2.75) is 38.3 Å². The fourth-order valence-electron chi connectivity index (χ4n) is 2.49. The summed E-state index contributed by atoms with van der Waals surface area (Å²) in [7, 11) is 0. The SMILES string of the molecule is [N-]=[N+]=NCCCNC(=O)CC[C@H](NC(=O)OCc1ccccc1)C(=O)NCCCN=[N+]=[N-]. The van der Waals surface area contributed by atoms with Crippen LogP contribution in [0.3, 0.4) is 0 Å². The average molecular weight is 445 g/mol. The Kier molecular flexibility index (Phi) is 13.7. The van der Waals surface area contributed by atoms with Crippen LogP contribution in [-0.4, -0.2) is 50.1 Å². The largest absolute Gasteiger partial charge is 0.445 e. The van der Waals surface area contributed by atoms with Crippen LogP contribution in [0.15, 0.2) is 40.6 Å². The van der Waals surface area contributed by atoms with E-state index in [0.717, 1.165) is 5.56 Å². The minimum atomic E-state index is -0.980. The van der Waals surface area contributed by atoms with Gasteiger partial charge in [0, 0.05) is 42.4 Å². The van der Waals surface area contributed by atoms with E-state index in [0.29, 0.717) is 19.4 Å². The Morgan fingerprint density at radius 1 is 0.969 bits per heavy atom. The average Bonchev–Trinajstić information content (AvgIpc) is 2.80. The number of hydrogen-bond acceptors (Lipinski definition) is 6. The molecule has 0 aromatic heterocycles. The van der Waals surface area contributed by atoms with Crippen molar-refractivity contribution < 1.29 is 19.1 Å². The molecule has 0 fully saturated rings. The van der Waals surface area contributed by atoms with Gasteiger partial charge in [-0.15, -0.1) is 0 Å². The number of benzene rings is 1. The van der Waals surface area contributed by atoms with E-state index >= 15 is 0 Å². The first kappa shape index (κ1) is 26.1. The molecule has 0 bridgehead atoms. The van der Waals surface area contributed by atoms with E-state index in [2.05, 4.69) is 36.0 Å². The summed E-state index contributed by atoms with van der Waals surface area (Å²) in [5, 5.41) is 14.5. The van der Waals surface area contributed by atoms with Gasteiger partial charge in [0.2, 0.25) is 11.8 Å². The minimum Gasteiger partial charge on any atom is -0.445 e. The smallest absolute Gasteiger partial charge is 0.408 e. The quantitative estimate of drug-likeness (QED) is 0.162. The van der Waals surface area contributed by atoms with Gasteiger partial charge in [0.15, 0.2) is 0 Å². The second-order valence-electron chi connectivity index (χ2n) is 6.55. The number of azide groups is 2. The van der Waals surface area contributed by atoms with Gasteiger partial charge in [0.1, 0.15) is 12.6 Å². The number of carbonyl (C=O) groups is 3. The third-order valence-corrected chi connectivity index (χ3v) is 4.10. The molecule has 0 heterocycles. The molecule has 1 aromatic rings. The number of nitrogens with zero attached hydrogens (tertiary/aromatic N) is 6. The zero-order valence-corrected chi connectivity index (χ0v) is 17.6. The van der Waals surface area contributed by atoms with Crippen LogP contribution in [0, 0.1) is 0 Å². The van der Waals surface area contributed by atoms with E-state index in [4.69, 9.17) is 15.8 Å². The Bertz CT molecular complexity index is 821.